The fraction of sp³-hybridized carbons (Fsp3) is 0.333. The van der Waals surface area contributed by atoms with E-state index in [4.69, 9.17) is 4.74 Å². The lowest BCUT2D eigenvalue weighted by atomic mass is 10.1. The maximum atomic E-state index is 13.8. The standard InChI is InChI=1S/C21H21FN2O2S2/c22-17-7-4-8-18-20(17)23-21(28-18)26-16-9-11-24(12-10-16)19(25)14-27-13-15-5-2-1-3-6-15/h1-8,16H,9-14H2. The predicted octanol–water partition coefficient (Wildman–Crippen LogP) is 4.74. The van der Waals surface area contributed by atoms with E-state index < -0.39 is 0 Å². The molecule has 0 N–H and O–H groups in total. The van der Waals surface area contributed by atoms with Crippen molar-refractivity contribution in [2.24, 2.45) is 0 Å². The van der Waals surface area contributed by atoms with E-state index in [-0.39, 0.29) is 17.8 Å². The first-order chi connectivity index (χ1) is 13.7. The first-order valence-electron chi connectivity index (χ1n) is 9.30. The van der Waals surface area contributed by atoms with E-state index in [1.807, 2.05) is 29.2 Å². The number of ether oxygens (including phenoxy) is 1. The van der Waals surface area contributed by atoms with Crippen molar-refractivity contribution in [2.45, 2.75) is 24.7 Å². The number of hydrogen-bond acceptors (Lipinski definition) is 5. The van der Waals surface area contributed by atoms with E-state index in [0.717, 1.165) is 23.3 Å². The number of carbonyl (C=O) groups excluding carboxylic acids is 1. The Bertz CT molecular complexity index is 940. The average molecular weight is 417 g/mol. The van der Waals surface area contributed by atoms with Gasteiger partial charge in [-0.15, -0.1) is 11.8 Å². The number of fused-ring (bicyclic) bond motifs is 1. The van der Waals surface area contributed by atoms with Crippen molar-refractivity contribution in [3.63, 3.8) is 0 Å². The zero-order valence-electron chi connectivity index (χ0n) is 15.3. The normalized spacial score (nSPS) is 15.1. The summed E-state index contributed by atoms with van der Waals surface area (Å²) in [5.41, 5.74) is 1.60. The third kappa shape index (κ3) is 4.64. The molecule has 4 nitrogen and oxygen atoms in total. The topological polar surface area (TPSA) is 42.4 Å². The van der Waals surface area contributed by atoms with Crippen LogP contribution < -0.4 is 4.74 Å². The van der Waals surface area contributed by atoms with Crippen LogP contribution >= 0.6 is 23.1 Å². The first-order valence-corrected chi connectivity index (χ1v) is 11.3. The number of halogens is 1. The smallest absolute Gasteiger partial charge is 0.274 e. The highest BCUT2D eigenvalue weighted by Gasteiger charge is 2.24. The fourth-order valence-electron chi connectivity index (χ4n) is 3.23. The van der Waals surface area contributed by atoms with Gasteiger partial charge >= 0.3 is 0 Å². The number of amides is 1. The molecule has 0 bridgehead atoms. The molecule has 0 atom stereocenters. The van der Waals surface area contributed by atoms with Crippen LogP contribution in [-0.4, -0.2) is 40.7 Å². The molecule has 0 unspecified atom stereocenters. The molecule has 1 aromatic heterocycles. The molecule has 1 amide bonds. The third-order valence-corrected chi connectivity index (χ3v) is 6.65. The van der Waals surface area contributed by atoms with Crippen molar-refractivity contribution >= 4 is 39.2 Å². The van der Waals surface area contributed by atoms with Gasteiger partial charge in [0.1, 0.15) is 17.4 Å². The van der Waals surface area contributed by atoms with E-state index in [0.29, 0.717) is 29.6 Å². The Morgan fingerprint density at radius 2 is 1.96 bits per heavy atom. The molecule has 0 radical (unpaired) electrons. The van der Waals surface area contributed by atoms with Gasteiger partial charge < -0.3 is 9.64 Å². The summed E-state index contributed by atoms with van der Waals surface area (Å²) >= 11 is 3.01. The summed E-state index contributed by atoms with van der Waals surface area (Å²) < 4.78 is 20.5. The number of carbonyl (C=O) groups is 1. The van der Waals surface area contributed by atoms with Crippen molar-refractivity contribution in [1.82, 2.24) is 9.88 Å². The van der Waals surface area contributed by atoms with Gasteiger partial charge in [-0.2, -0.15) is 4.98 Å². The summed E-state index contributed by atoms with van der Waals surface area (Å²) in [6.07, 6.45) is 1.56. The molecule has 28 heavy (non-hydrogen) atoms. The van der Waals surface area contributed by atoms with E-state index in [2.05, 4.69) is 17.1 Å². The van der Waals surface area contributed by atoms with Crippen LogP contribution in [0.1, 0.15) is 18.4 Å². The van der Waals surface area contributed by atoms with Gasteiger partial charge in [-0.1, -0.05) is 47.7 Å². The molecular formula is C21H21FN2O2S2. The third-order valence-electron chi connectivity index (χ3n) is 4.75. The number of aromatic nitrogens is 1. The molecule has 1 aliphatic rings. The van der Waals surface area contributed by atoms with Crippen molar-refractivity contribution < 1.29 is 13.9 Å². The highest BCUT2D eigenvalue weighted by atomic mass is 32.2. The SMILES string of the molecule is O=C(CSCc1ccccc1)N1CCC(Oc2nc3c(F)cccc3s2)CC1. The molecule has 1 saturated heterocycles. The second kappa shape index (κ2) is 8.92. The van der Waals surface area contributed by atoms with Gasteiger partial charge in [0.05, 0.1) is 10.5 Å². The minimum Gasteiger partial charge on any atom is -0.467 e. The molecule has 2 aromatic carbocycles. The second-order valence-electron chi connectivity index (χ2n) is 6.74. The Morgan fingerprint density at radius 3 is 2.71 bits per heavy atom. The number of likely N-dealkylation sites (tertiary alicyclic amines) is 1. The van der Waals surface area contributed by atoms with Crippen LogP contribution in [0.2, 0.25) is 0 Å². The lowest BCUT2D eigenvalue weighted by Gasteiger charge is -2.31. The Hall–Kier alpha value is -2.12. The minimum absolute atomic E-state index is 0.0182. The highest BCUT2D eigenvalue weighted by Crippen LogP contribution is 2.31. The largest absolute Gasteiger partial charge is 0.467 e. The van der Waals surface area contributed by atoms with Crippen LogP contribution in [0.4, 0.5) is 4.39 Å². The zero-order valence-corrected chi connectivity index (χ0v) is 17.0. The van der Waals surface area contributed by atoms with E-state index in [9.17, 15) is 9.18 Å². The van der Waals surface area contributed by atoms with Crippen LogP contribution in [-0.2, 0) is 10.5 Å². The van der Waals surface area contributed by atoms with E-state index in [1.54, 1.807) is 17.8 Å². The van der Waals surface area contributed by atoms with Crippen molar-refractivity contribution in [3.8, 4) is 5.19 Å². The van der Waals surface area contributed by atoms with Crippen molar-refractivity contribution in [3.05, 3.63) is 59.9 Å². The van der Waals surface area contributed by atoms with Crippen LogP contribution in [0.25, 0.3) is 10.2 Å². The molecule has 1 aliphatic heterocycles. The Morgan fingerprint density at radius 1 is 1.18 bits per heavy atom. The summed E-state index contributed by atoms with van der Waals surface area (Å²) in [4.78, 5) is 18.6. The Balaban J connectivity index is 1.23. The molecule has 0 spiro atoms. The molecule has 4 rings (SSSR count). The van der Waals surface area contributed by atoms with Gasteiger partial charge in [0.25, 0.3) is 5.19 Å². The van der Waals surface area contributed by atoms with Crippen LogP contribution in [0, 0.1) is 5.82 Å². The average Bonchev–Trinajstić information content (AvgIpc) is 3.13. The predicted molar refractivity (Wildman–Crippen MR) is 112 cm³/mol. The molecule has 0 aliphatic carbocycles. The first kappa shape index (κ1) is 19.2. The van der Waals surface area contributed by atoms with Gasteiger partial charge in [-0.3, -0.25) is 4.79 Å². The van der Waals surface area contributed by atoms with Gasteiger partial charge in [0.2, 0.25) is 5.91 Å². The van der Waals surface area contributed by atoms with E-state index >= 15 is 0 Å². The Labute approximate surface area is 171 Å². The van der Waals surface area contributed by atoms with Gasteiger partial charge in [0.15, 0.2) is 0 Å². The van der Waals surface area contributed by atoms with Gasteiger partial charge in [-0.25, -0.2) is 4.39 Å². The van der Waals surface area contributed by atoms with E-state index in [1.165, 1.54) is 23.0 Å². The zero-order chi connectivity index (χ0) is 19.3. The second-order valence-corrected chi connectivity index (χ2v) is 8.72. The lowest BCUT2D eigenvalue weighted by Crippen LogP contribution is -2.42. The number of rotatable bonds is 6. The summed E-state index contributed by atoms with van der Waals surface area (Å²) in [7, 11) is 0. The lowest BCUT2D eigenvalue weighted by molar-refractivity contribution is -0.130. The molecular weight excluding hydrogens is 395 g/mol. The Kier molecular flexibility index (Phi) is 6.12. The quantitative estimate of drug-likeness (QED) is 0.582. The number of thiazole rings is 1. The summed E-state index contributed by atoms with van der Waals surface area (Å²) in [5.74, 6) is 1.20. The summed E-state index contributed by atoms with van der Waals surface area (Å²) in [5, 5.41) is 0.503. The van der Waals surface area contributed by atoms with Crippen LogP contribution in [0.3, 0.4) is 0 Å². The molecule has 146 valence electrons. The van der Waals surface area contributed by atoms with Crippen LogP contribution in [0.5, 0.6) is 5.19 Å². The molecule has 3 aromatic rings. The molecule has 7 heteroatoms. The maximum absolute atomic E-state index is 13.8. The number of para-hydroxylation sites is 1. The number of nitrogens with zero attached hydrogens (tertiary/aromatic N) is 2. The number of benzene rings is 2. The number of hydrogen-bond donors (Lipinski definition) is 0. The fourth-order valence-corrected chi connectivity index (χ4v) is 5.02. The van der Waals surface area contributed by atoms with Gasteiger partial charge in [-0.05, 0) is 17.7 Å². The maximum Gasteiger partial charge on any atom is 0.274 e. The van der Waals surface area contributed by atoms with Gasteiger partial charge in [0, 0.05) is 31.7 Å². The van der Waals surface area contributed by atoms with Crippen LogP contribution in [0.15, 0.2) is 48.5 Å². The minimum atomic E-state index is -0.322. The van der Waals surface area contributed by atoms with Crippen molar-refractivity contribution in [2.75, 3.05) is 18.8 Å². The number of thioether (sulfide) groups is 1. The number of piperidine rings is 1. The molecule has 1 fully saturated rings. The highest BCUT2D eigenvalue weighted by molar-refractivity contribution is 7.99. The summed E-state index contributed by atoms with van der Waals surface area (Å²) in [6, 6.07) is 15.1. The summed E-state index contributed by atoms with van der Waals surface area (Å²) in [6.45, 7) is 1.38. The molecule has 0 saturated carbocycles. The monoisotopic (exact) mass is 416 g/mol. The molecule has 2 heterocycles. The van der Waals surface area contributed by atoms with Crippen molar-refractivity contribution in [1.29, 1.82) is 0 Å².